The van der Waals surface area contributed by atoms with Crippen LogP contribution in [-0.2, 0) is 4.79 Å². The van der Waals surface area contributed by atoms with Crippen LogP contribution in [0.15, 0.2) is 54.2 Å². The van der Waals surface area contributed by atoms with Gasteiger partial charge in [-0.15, -0.1) is 10.2 Å². The van der Waals surface area contributed by atoms with Crippen LogP contribution < -0.4 is 5.32 Å². The number of rotatable bonds is 6. The Morgan fingerprint density at radius 3 is 2.21 bits per heavy atom. The predicted octanol–water partition coefficient (Wildman–Crippen LogP) is 2.80. The minimum absolute atomic E-state index is 0.126. The Kier molecular flexibility index (Phi) is 7.00. The van der Waals surface area contributed by atoms with E-state index in [0.717, 1.165) is 11.1 Å². The number of hydrogen-bond acceptors (Lipinski definition) is 8. The molecule has 0 aliphatic rings. The molecule has 0 aliphatic carbocycles. The fourth-order valence-electron chi connectivity index (χ4n) is 2.18. The van der Waals surface area contributed by atoms with E-state index in [0.29, 0.717) is 16.8 Å². The number of carbonyl (C=O) groups is 1. The summed E-state index contributed by atoms with van der Waals surface area (Å²) in [4.78, 5) is 28.7. The van der Waals surface area contributed by atoms with Crippen LogP contribution in [0.5, 0.6) is 0 Å². The molecule has 11 heteroatoms. The Bertz CT molecular complexity index is 1030. The summed E-state index contributed by atoms with van der Waals surface area (Å²) in [5.74, 6) is 1.19. The summed E-state index contributed by atoms with van der Waals surface area (Å²) in [5, 5.41) is 16.8. The molecular weight excluding hydrogens is 390 g/mol. The quantitative estimate of drug-likeness (QED) is 0.413. The molecule has 10 nitrogen and oxygen atoms in total. The molecule has 3 N–H and O–H groups in total. The smallest absolute Gasteiger partial charge is 0.249 e. The highest BCUT2D eigenvalue weighted by Gasteiger charge is 2.12. The minimum Gasteiger partial charge on any atom is -0.292 e. The SMILES string of the molecule is CC.O=C(CSc1n[nH]c(-c2cccnc2)n1)Nc1n[nH]c(-c2cccnc2)n1. The van der Waals surface area contributed by atoms with Gasteiger partial charge in [0.15, 0.2) is 11.6 Å². The number of pyridine rings is 2. The Labute approximate surface area is 171 Å². The zero-order valence-electron chi connectivity index (χ0n) is 15.8. The first-order chi connectivity index (χ1) is 14.3. The molecule has 0 atom stereocenters. The van der Waals surface area contributed by atoms with Crippen molar-refractivity contribution in [1.29, 1.82) is 0 Å². The third kappa shape index (κ3) is 5.45. The molecule has 4 aromatic rings. The van der Waals surface area contributed by atoms with Crippen LogP contribution >= 0.6 is 11.8 Å². The van der Waals surface area contributed by atoms with Gasteiger partial charge in [0.25, 0.3) is 0 Å². The van der Waals surface area contributed by atoms with Gasteiger partial charge >= 0.3 is 0 Å². The first kappa shape index (κ1) is 20.1. The number of aromatic amines is 2. The van der Waals surface area contributed by atoms with Gasteiger partial charge in [0.2, 0.25) is 17.0 Å². The van der Waals surface area contributed by atoms with Crippen LogP contribution in [-0.4, -0.2) is 52.0 Å². The molecule has 0 saturated carbocycles. The number of carbonyl (C=O) groups excluding carboxylic acids is 1. The Balaban J connectivity index is 0.00000117. The van der Waals surface area contributed by atoms with Crippen molar-refractivity contribution in [3.63, 3.8) is 0 Å². The second-order valence-electron chi connectivity index (χ2n) is 5.29. The van der Waals surface area contributed by atoms with Gasteiger partial charge in [-0.3, -0.25) is 30.3 Å². The molecule has 4 heterocycles. The van der Waals surface area contributed by atoms with Crippen molar-refractivity contribution >= 4 is 23.6 Å². The maximum Gasteiger partial charge on any atom is 0.249 e. The van der Waals surface area contributed by atoms with Crippen molar-refractivity contribution in [3.8, 4) is 22.8 Å². The average Bonchev–Trinajstić information content (AvgIpc) is 3.45. The highest BCUT2D eigenvalue weighted by atomic mass is 32.2. The highest BCUT2D eigenvalue weighted by Crippen LogP contribution is 2.18. The summed E-state index contributed by atoms with van der Waals surface area (Å²) in [6.45, 7) is 4.00. The molecule has 4 aromatic heterocycles. The van der Waals surface area contributed by atoms with E-state index in [1.165, 1.54) is 11.8 Å². The van der Waals surface area contributed by atoms with Gasteiger partial charge in [-0.25, -0.2) is 4.98 Å². The van der Waals surface area contributed by atoms with Crippen LogP contribution in [0.4, 0.5) is 5.95 Å². The topological polar surface area (TPSA) is 138 Å². The number of amides is 1. The van der Waals surface area contributed by atoms with Gasteiger partial charge in [0.1, 0.15) is 0 Å². The molecule has 0 aromatic carbocycles. The van der Waals surface area contributed by atoms with E-state index in [4.69, 9.17) is 0 Å². The lowest BCUT2D eigenvalue weighted by Gasteiger charge is -1.98. The van der Waals surface area contributed by atoms with Crippen LogP contribution in [0, 0.1) is 0 Å². The van der Waals surface area contributed by atoms with Crippen LogP contribution in [0.1, 0.15) is 13.8 Å². The number of hydrogen-bond donors (Lipinski definition) is 3. The van der Waals surface area contributed by atoms with Crippen LogP contribution in [0.3, 0.4) is 0 Å². The van der Waals surface area contributed by atoms with E-state index < -0.39 is 0 Å². The number of nitrogens with zero attached hydrogens (tertiary/aromatic N) is 6. The van der Waals surface area contributed by atoms with E-state index in [9.17, 15) is 4.79 Å². The largest absolute Gasteiger partial charge is 0.292 e. The van der Waals surface area contributed by atoms with Crippen molar-refractivity contribution < 1.29 is 4.79 Å². The Hall–Kier alpha value is -3.60. The summed E-state index contributed by atoms with van der Waals surface area (Å²) in [6, 6.07) is 7.33. The van der Waals surface area contributed by atoms with Gasteiger partial charge in [-0.1, -0.05) is 25.6 Å². The van der Waals surface area contributed by atoms with Crippen molar-refractivity contribution in [3.05, 3.63) is 49.1 Å². The van der Waals surface area contributed by atoms with Crippen molar-refractivity contribution in [2.75, 3.05) is 11.1 Å². The molecule has 0 bridgehead atoms. The van der Waals surface area contributed by atoms with E-state index in [-0.39, 0.29) is 17.6 Å². The lowest BCUT2D eigenvalue weighted by Crippen LogP contribution is -2.15. The van der Waals surface area contributed by atoms with Gasteiger partial charge in [0.05, 0.1) is 5.75 Å². The number of anilines is 1. The maximum atomic E-state index is 12.1. The Morgan fingerprint density at radius 1 is 0.966 bits per heavy atom. The van der Waals surface area contributed by atoms with E-state index in [2.05, 4.69) is 45.6 Å². The standard InChI is InChI=1S/C16H13N9OS.C2H6/c26-12(19-15-20-13(22-24-15)10-3-1-5-17-7-10)9-27-16-21-14(23-25-16)11-4-2-6-18-8-11;1-2/h1-8H,9H2,(H,21,23,25)(H2,19,20,22,24,26);1-2H3. The first-order valence-corrected chi connectivity index (χ1v) is 9.85. The zero-order chi connectivity index (χ0) is 20.5. The van der Waals surface area contributed by atoms with E-state index >= 15 is 0 Å². The van der Waals surface area contributed by atoms with Crippen molar-refractivity contribution in [1.82, 2.24) is 40.3 Å². The van der Waals surface area contributed by atoms with Crippen LogP contribution in [0.2, 0.25) is 0 Å². The summed E-state index contributed by atoms with van der Waals surface area (Å²) in [5.41, 5.74) is 1.61. The van der Waals surface area contributed by atoms with Crippen molar-refractivity contribution in [2.45, 2.75) is 19.0 Å². The van der Waals surface area contributed by atoms with E-state index in [1.807, 2.05) is 32.0 Å². The molecule has 0 fully saturated rings. The molecule has 4 rings (SSSR count). The summed E-state index contributed by atoms with van der Waals surface area (Å²) < 4.78 is 0. The molecule has 0 saturated heterocycles. The van der Waals surface area contributed by atoms with Gasteiger partial charge in [-0.2, -0.15) is 4.98 Å². The second kappa shape index (κ2) is 10.1. The second-order valence-corrected chi connectivity index (χ2v) is 6.24. The molecule has 0 aliphatic heterocycles. The number of nitrogens with one attached hydrogen (secondary N) is 3. The first-order valence-electron chi connectivity index (χ1n) is 8.86. The number of thioether (sulfide) groups is 1. The molecule has 0 radical (unpaired) electrons. The molecule has 0 spiro atoms. The average molecular weight is 409 g/mol. The maximum absolute atomic E-state index is 12.1. The summed E-state index contributed by atoms with van der Waals surface area (Å²) in [7, 11) is 0. The van der Waals surface area contributed by atoms with Gasteiger partial charge in [-0.05, 0) is 24.3 Å². The molecule has 0 unspecified atom stereocenters. The lowest BCUT2D eigenvalue weighted by atomic mass is 10.3. The summed E-state index contributed by atoms with van der Waals surface area (Å²) >= 11 is 1.20. The van der Waals surface area contributed by atoms with Gasteiger partial charge < -0.3 is 0 Å². The third-order valence-electron chi connectivity index (χ3n) is 3.40. The molecular formula is C18H19N9OS. The van der Waals surface area contributed by atoms with Crippen molar-refractivity contribution in [2.24, 2.45) is 0 Å². The molecule has 148 valence electrons. The van der Waals surface area contributed by atoms with Gasteiger partial charge in [0, 0.05) is 35.9 Å². The Morgan fingerprint density at radius 2 is 1.59 bits per heavy atom. The predicted molar refractivity (Wildman–Crippen MR) is 110 cm³/mol. The lowest BCUT2D eigenvalue weighted by molar-refractivity contribution is -0.113. The fraction of sp³-hybridized carbons (Fsp3) is 0.167. The highest BCUT2D eigenvalue weighted by molar-refractivity contribution is 7.99. The molecule has 29 heavy (non-hydrogen) atoms. The number of H-pyrrole nitrogens is 2. The summed E-state index contributed by atoms with van der Waals surface area (Å²) in [6.07, 6.45) is 6.70. The van der Waals surface area contributed by atoms with Crippen LogP contribution in [0.25, 0.3) is 22.8 Å². The monoisotopic (exact) mass is 409 g/mol. The zero-order valence-corrected chi connectivity index (χ0v) is 16.6. The van der Waals surface area contributed by atoms with E-state index in [1.54, 1.807) is 30.9 Å². The molecule has 1 amide bonds. The normalized spacial score (nSPS) is 10.1. The minimum atomic E-state index is -0.260. The number of aromatic nitrogens is 8. The fourth-order valence-corrected chi connectivity index (χ4v) is 2.78. The third-order valence-corrected chi connectivity index (χ3v) is 4.25.